The standard InChI is InChI=1S/C17H17ClN4O2/c1-3-16-20-21-17(24-16)14-5-4-8-22(14)10-15(23)19-13-9-12(18)7-6-11(13)2/h4-9H,3,10H2,1-2H3,(H,19,23). The van der Waals surface area contributed by atoms with Gasteiger partial charge in [0.05, 0.1) is 0 Å². The third kappa shape index (κ3) is 3.49. The van der Waals surface area contributed by atoms with Gasteiger partial charge in [-0.1, -0.05) is 24.6 Å². The largest absolute Gasteiger partial charge is 0.419 e. The number of halogens is 1. The van der Waals surface area contributed by atoms with E-state index in [0.29, 0.717) is 34.6 Å². The van der Waals surface area contributed by atoms with Crippen LogP contribution < -0.4 is 5.32 Å². The Kier molecular flexibility index (Phi) is 4.66. The molecule has 0 aliphatic carbocycles. The number of hydrogen-bond acceptors (Lipinski definition) is 4. The van der Waals surface area contributed by atoms with Crippen LogP contribution in [0.3, 0.4) is 0 Å². The lowest BCUT2D eigenvalue weighted by Gasteiger charge is -2.10. The molecule has 0 fully saturated rings. The molecule has 6 nitrogen and oxygen atoms in total. The molecule has 2 aromatic heterocycles. The summed E-state index contributed by atoms with van der Waals surface area (Å²) in [5.74, 6) is 0.813. The van der Waals surface area contributed by atoms with Gasteiger partial charge in [0.1, 0.15) is 12.2 Å². The highest BCUT2D eigenvalue weighted by Crippen LogP contribution is 2.21. The van der Waals surface area contributed by atoms with Crippen LogP contribution in [0.2, 0.25) is 5.02 Å². The van der Waals surface area contributed by atoms with Crippen LogP contribution in [0.25, 0.3) is 11.6 Å². The number of carbonyl (C=O) groups is 1. The smallest absolute Gasteiger partial charge is 0.264 e. The molecule has 0 unspecified atom stereocenters. The van der Waals surface area contributed by atoms with Gasteiger partial charge < -0.3 is 14.3 Å². The number of aryl methyl sites for hydroxylation is 2. The molecule has 0 aliphatic rings. The molecule has 0 bridgehead atoms. The molecule has 0 saturated carbocycles. The van der Waals surface area contributed by atoms with Gasteiger partial charge in [0.25, 0.3) is 5.89 Å². The minimum atomic E-state index is -0.159. The molecule has 0 saturated heterocycles. The maximum absolute atomic E-state index is 12.3. The average molecular weight is 345 g/mol. The first-order valence-electron chi connectivity index (χ1n) is 7.60. The Labute approximate surface area is 144 Å². The van der Waals surface area contributed by atoms with E-state index in [9.17, 15) is 4.79 Å². The van der Waals surface area contributed by atoms with Crippen molar-refractivity contribution in [2.45, 2.75) is 26.8 Å². The molecule has 2 heterocycles. The van der Waals surface area contributed by atoms with Crippen LogP contribution in [0, 0.1) is 6.92 Å². The molecule has 0 spiro atoms. The Bertz CT molecular complexity index is 869. The summed E-state index contributed by atoms with van der Waals surface area (Å²) in [6.45, 7) is 3.99. The Morgan fingerprint density at radius 1 is 1.33 bits per heavy atom. The second-order valence-corrected chi connectivity index (χ2v) is 5.82. The summed E-state index contributed by atoms with van der Waals surface area (Å²) in [5.41, 5.74) is 2.36. The topological polar surface area (TPSA) is 73.0 Å². The summed E-state index contributed by atoms with van der Waals surface area (Å²) in [6, 6.07) is 9.06. The lowest BCUT2D eigenvalue weighted by Crippen LogP contribution is -2.19. The number of carbonyl (C=O) groups excluding carboxylic acids is 1. The zero-order valence-corrected chi connectivity index (χ0v) is 14.2. The summed E-state index contributed by atoms with van der Waals surface area (Å²) in [6.07, 6.45) is 2.47. The molecule has 1 aromatic carbocycles. The first kappa shape index (κ1) is 16.3. The molecule has 1 amide bonds. The second kappa shape index (κ2) is 6.88. The van der Waals surface area contributed by atoms with Gasteiger partial charge in [0.15, 0.2) is 0 Å². The van der Waals surface area contributed by atoms with Crippen LogP contribution in [-0.4, -0.2) is 20.7 Å². The second-order valence-electron chi connectivity index (χ2n) is 5.38. The fourth-order valence-electron chi connectivity index (χ4n) is 2.32. The highest BCUT2D eigenvalue weighted by molar-refractivity contribution is 6.31. The van der Waals surface area contributed by atoms with E-state index >= 15 is 0 Å². The first-order valence-corrected chi connectivity index (χ1v) is 7.98. The molecule has 0 radical (unpaired) electrons. The van der Waals surface area contributed by atoms with Gasteiger partial charge in [-0.25, -0.2) is 0 Å². The van der Waals surface area contributed by atoms with Crippen molar-refractivity contribution in [3.8, 4) is 11.6 Å². The van der Waals surface area contributed by atoms with Gasteiger partial charge in [0, 0.05) is 23.3 Å². The summed E-state index contributed by atoms with van der Waals surface area (Å²) < 4.78 is 7.33. The average Bonchev–Trinajstić information content (AvgIpc) is 3.19. The molecule has 124 valence electrons. The number of rotatable bonds is 5. The fraction of sp³-hybridized carbons (Fsp3) is 0.235. The summed E-state index contributed by atoms with van der Waals surface area (Å²) >= 11 is 5.98. The van der Waals surface area contributed by atoms with Crippen molar-refractivity contribution in [1.82, 2.24) is 14.8 Å². The Morgan fingerprint density at radius 2 is 2.17 bits per heavy atom. The summed E-state index contributed by atoms with van der Waals surface area (Å²) in [4.78, 5) is 12.3. The van der Waals surface area contributed by atoms with E-state index in [1.807, 2.05) is 32.0 Å². The molecule has 3 rings (SSSR count). The van der Waals surface area contributed by atoms with Crippen LogP contribution in [0.4, 0.5) is 5.69 Å². The van der Waals surface area contributed by atoms with E-state index in [2.05, 4.69) is 15.5 Å². The number of hydrogen-bond donors (Lipinski definition) is 1. The van der Waals surface area contributed by atoms with Gasteiger partial charge in [-0.05, 0) is 36.8 Å². The van der Waals surface area contributed by atoms with Gasteiger partial charge >= 0.3 is 0 Å². The van der Waals surface area contributed by atoms with E-state index in [-0.39, 0.29) is 12.5 Å². The van der Waals surface area contributed by atoms with E-state index in [4.69, 9.17) is 16.0 Å². The van der Waals surface area contributed by atoms with Crippen LogP contribution in [0.5, 0.6) is 0 Å². The maximum atomic E-state index is 12.3. The molecule has 7 heteroatoms. The van der Waals surface area contributed by atoms with Crippen molar-refractivity contribution < 1.29 is 9.21 Å². The molecule has 0 atom stereocenters. The third-order valence-electron chi connectivity index (χ3n) is 3.61. The molecule has 0 aliphatic heterocycles. The summed E-state index contributed by atoms with van der Waals surface area (Å²) in [5, 5.41) is 11.4. The monoisotopic (exact) mass is 344 g/mol. The normalized spacial score (nSPS) is 10.8. The lowest BCUT2D eigenvalue weighted by atomic mass is 10.2. The van der Waals surface area contributed by atoms with Crippen LogP contribution in [-0.2, 0) is 17.8 Å². The number of amides is 1. The van der Waals surface area contributed by atoms with Crippen LogP contribution in [0.15, 0.2) is 40.9 Å². The SMILES string of the molecule is CCc1nnc(-c2cccn2CC(=O)Nc2cc(Cl)ccc2C)o1. The third-order valence-corrected chi connectivity index (χ3v) is 3.84. The van der Waals surface area contributed by atoms with Crippen molar-refractivity contribution in [1.29, 1.82) is 0 Å². The van der Waals surface area contributed by atoms with E-state index in [0.717, 1.165) is 5.56 Å². The van der Waals surface area contributed by atoms with E-state index < -0.39 is 0 Å². The quantitative estimate of drug-likeness (QED) is 0.766. The maximum Gasteiger partial charge on any atom is 0.264 e. The Morgan fingerprint density at radius 3 is 2.92 bits per heavy atom. The van der Waals surface area contributed by atoms with Crippen LogP contribution in [0.1, 0.15) is 18.4 Å². The van der Waals surface area contributed by atoms with Crippen LogP contribution >= 0.6 is 11.6 Å². The van der Waals surface area contributed by atoms with Crippen molar-refractivity contribution in [3.63, 3.8) is 0 Å². The van der Waals surface area contributed by atoms with Gasteiger partial charge in [-0.15, -0.1) is 10.2 Å². The predicted molar refractivity (Wildman–Crippen MR) is 91.9 cm³/mol. The molecular weight excluding hydrogens is 328 g/mol. The van der Waals surface area contributed by atoms with Crippen molar-refractivity contribution in [3.05, 3.63) is 53.0 Å². The molecular formula is C17H17ClN4O2. The zero-order valence-electron chi connectivity index (χ0n) is 13.4. The van der Waals surface area contributed by atoms with Gasteiger partial charge in [-0.3, -0.25) is 4.79 Å². The Hall–Kier alpha value is -2.60. The fourth-order valence-corrected chi connectivity index (χ4v) is 2.49. The van der Waals surface area contributed by atoms with Crippen molar-refractivity contribution >= 4 is 23.2 Å². The number of nitrogens with zero attached hydrogens (tertiary/aromatic N) is 3. The highest BCUT2D eigenvalue weighted by atomic mass is 35.5. The number of aromatic nitrogens is 3. The minimum absolute atomic E-state index is 0.137. The highest BCUT2D eigenvalue weighted by Gasteiger charge is 2.14. The lowest BCUT2D eigenvalue weighted by molar-refractivity contribution is -0.116. The van der Waals surface area contributed by atoms with Gasteiger partial charge in [0.2, 0.25) is 11.8 Å². The van der Waals surface area contributed by atoms with E-state index in [1.54, 1.807) is 22.9 Å². The predicted octanol–water partition coefficient (Wildman–Crippen LogP) is 3.70. The number of anilines is 1. The minimum Gasteiger partial charge on any atom is -0.419 e. The number of nitrogens with one attached hydrogen (secondary N) is 1. The summed E-state index contributed by atoms with van der Waals surface area (Å²) in [7, 11) is 0. The number of benzene rings is 1. The van der Waals surface area contributed by atoms with Crippen molar-refractivity contribution in [2.24, 2.45) is 0 Å². The molecule has 1 N–H and O–H groups in total. The van der Waals surface area contributed by atoms with Crippen molar-refractivity contribution in [2.75, 3.05) is 5.32 Å². The Balaban J connectivity index is 1.76. The molecule has 3 aromatic rings. The van der Waals surface area contributed by atoms with E-state index in [1.165, 1.54) is 0 Å². The van der Waals surface area contributed by atoms with Gasteiger partial charge in [-0.2, -0.15) is 0 Å². The zero-order chi connectivity index (χ0) is 17.1. The molecule has 24 heavy (non-hydrogen) atoms. The first-order chi connectivity index (χ1) is 11.6.